The van der Waals surface area contributed by atoms with Crippen molar-refractivity contribution >= 4 is 0 Å². The summed E-state index contributed by atoms with van der Waals surface area (Å²) in [4.78, 5) is 0. The maximum Gasteiger partial charge on any atom is 0.162 e. The van der Waals surface area contributed by atoms with Crippen LogP contribution >= 0.6 is 0 Å². The number of nitrogens with two attached hydrogens (primary N) is 1. The third kappa shape index (κ3) is 3.24. The highest BCUT2D eigenvalue weighted by molar-refractivity contribution is 5.40. The lowest BCUT2D eigenvalue weighted by atomic mass is 9.88. The van der Waals surface area contributed by atoms with Crippen molar-refractivity contribution in [2.45, 2.75) is 18.6 Å². The monoisotopic (exact) mass is 301 g/mol. The number of rotatable bonds is 7. The average molecular weight is 301 g/mol. The number of hydrogen-bond donors (Lipinski definition) is 1. The number of methoxy groups -OCH3 is 2. The van der Waals surface area contributed by atoms with Crippen molar-refractivity contribution in [3.63, 3.8) is 0 Å². The Labute approximate surface area is 131 Å². The molecule has 0 amide bonds. The number of para-hydroxylation sites is 2. The van der Waals surface area contributed by atoms with E-state index in [0.29, 0.717) is 6.54 Å². The summed E-state index contributed by atoms with van der Waals surface area (Å²) in [5, 5.41) is 0. The third-order valence-electron chi connectivity index (χ3n) is 3.83. The van der Waals surface area contributed by atoms with E-state index in [1.54, 1.807) is 14.2 Å². The van der Waals surface area contributed by atoms with Crippen LogP contribution in [0.4, 0.5) is 0 Å². The molecule has 0 bridgehead atoms. The second-order valence-corrected chi connectivity index (χ2v) is 5.18. The highest BCUT2D eigenvalue weighted by atomic mass is 16.5. The summed E-state index contributed by atoms with van der Waals surface area (Å²) in [5.41, 5.74) is 6.04. The van der Waals surface area contributed by atoms with Crippen LogP contribution in [-0.4, -0.2) is 26.9 Å². The first-order valence-corrected chi connectivity index (χ1v) is 7.26. The predicted molar refractivity (Wildman–Crippen MR) is 87.3 cm³/mol. The lowest BCUT2D eigenvalue weighted by Gasteiger charge is -2.37. The molecule has 0 aliphatic carbocycles. The zero-order chi connectivity index (χ0) is 16.0. The van der Waals surface area contributed by atoms with E-state index in [0.717, 1.165) is 17.1 Å². The van der Waals surface area contributed by atoms with Gasteiger partial charge < -0.3 is 19.9 Å². The molecule has 0 heterocycles. The molecular formula is C18H23NO3. The fourth-order valence-corrected chi connectivity index (χ4v) is 2.63. The van der Waals surface area contributed by atoms with Gasteiger partial charge in [0.25, 0.3) is 0 Å². The molecule has 2 atom stereocenters. The van der Waals surface area contributed by atoms with Crippen molar-refractivity contribution in [3.05, 3.63) is 60.2 Å². The zero-order valence-corrected chi connectivity index (χ0v) is 13.3. The smallest absolute Gasteiger partial charge is 0.162 e. The van der Waals surface area contributed by atoms with Crippen molar-refractivity contribution in [2.24, 2.45) is 5.73 Å². The molecule has 0 aliphatic rings. The minimum atomic E-state index is -0.766. The van der Waals surface area contributed by atoms with Crippen LogP contribution in [0.15, 0.2) is 54.6 Å². The normalized spacial score (nSPS) is 14.9. The lowest BCUT2D eigenvalue weighted by molar-refractivity contribution is -0.0647. The molecule has 4 nitrogen and oxygen atoms in total. The van der Waals surface area contributed by atoms with Gasteiger partial charge in [0.05, 0.1) is 7.11 Å². The quantitative estimate of drug-likeness (QED) is 0.854. The summed E-state index contributed by atoms with van der Waals surface area (Å²) in [6.45, 7) is 2.30. The van der Waals surface area contributed by atoms with Crippen LogP contribution in [0, 0.1) is 0 Å². The molecule has 0 aliphatic heterocycles. The Morgan fingerprint density at radius 2 is 1.64 bits per heavy atom. The van der Waals surface area contributed by atoms with Gasteiger partial charge in [-0.25, -0.2) is 0 Å². The molecule has 2 aromatic carbocycles. The Kier molecular flexibility index (Phi) is 5.41. The van der Waals surface area contributed by atoms with Gasteiger partial charge in [0.15, 0.2) is 5.60 Å². The topological polar surface area (TPSA) is 53.7 Å². The minimum absolute atomic E-state index is 0.316. The van der Waals surface area contributed by atoms with Gasteiger partial charge >= 0.3 is 0 Å². The Hall–Kier alpha value is -2.04. The molecule has 0 aromatic heterocycles. The predicted octanol–water partition coefficient (Wildman–Crippen LogP) is 2.96. The molecule has 0 radical (unpaired) electrons. The van der Waals surface area contributed by atoms with E-state index >= 15 is 0 Å². The SMILES string of the molecule is COc1ccccc1C(C)(Oc1ccccc1)C(CN)OC. The number of ether oxygens (including phenoxy) is 3. The molecule has 2 unspecified atom stereocenters. The minimum Gasteiger partial charge on any atom is -0.496 e. The second-order valence-electron chi connectivity index (χ2n) is 5.18. The molecule has 118 valence electrons. The van der Waals surface area contributed by atoms with E-state index in [2.05, 4.69) is 0 Å². The maximum atomic E-state index is 6.29. The van der Waals surface area contributed by atoms with Crippen LogP contribution < -0.4 is 15.2 Å². The van der Waals surface area contributed by atoms with Gasteiger partial charge in [-0.1, -0.05) is 36.4 Å². The average Bonchev–Trinajstić information content (AvgIpc) is 2.56. The van der Waals surface area contributed by atoms with E-state index < -0.39 is 5.60 Å². The highest BCUT2D eigenvalue weighted by Crippen LogP contribution is 2.37. The van der Waals surface area contributed by atoms with E-state index in [4.69, 9.17) is 19.9 Å². The Bertz CT molecular complexity index is 584. The van der Waals surface area contributed by atoms with Gasteiger partial charge in [-0.05, 0) is 25.1 Å². The first kappa shape index (κ1) is 16.3. The van der Waals surface area contributed by atoms with Crippen molar-refractivity contribution in [1.29, 1.82) is 0 Å². The Balaban J connectivity index is 2.50. The fourth-order valence-electron chi connectivity index (χ4n) is 2.63. The number of hydrogen-bond acceptors (Lipinski definition) is 4. The van der Waals surface area contributed by atoms with Crippen molar-refractivity contribution in [2.75, 3.05) is 20.8 Å². The first-order chi connectivity index (χ1) is 10.7. The summed E-state index contributed by atoms with van der Waals surface area (Å²) < 4.78 is 17.4. The molecule has 0 spiro atoms. The number of benzene rings is 2. The zero-order valence-electron chi connectivity index (χ0n) is 13.3. The summed E-state index contributed by atoms with van der Waals surface area (Å²) in [6.07, 6.45) is -0.316. The van der Waals surface area contributed by atoms with Crippen LogP contribution in [0.3, 0.4) is 0 Å². The second kappa shape index (κ2) is 7.29. The molecule has 2 N–H and O–H groups in total. The Morgan fingerprint density at radius 3 is 2.23 bits per heavy atom. The van der Waals surface area contributed by atoms with E-state index in [9.17, 15) is 0 Å². The summed E-state index contributed by atoms with van der Waals surface area (Å²) in [7, 11) is 3.28. The maximum absolute atomic E-state index is 6.29. The van der Waals surface area contributed by atoms with E-state index in [-0.39, 0.29) is 6.10 Å². The van der Waals surface area contributed by atoms with Gasteiger partial charge in [0.1, 0.15) is 17.6 Å². The highest BCUT2D eigenvalue weighted by Gasteiger charge is 2.40. The molecule has 2 aromatic rings. The van der Waals surface area contributed by atoms with Crippen molar-refractivity contribution in [3.8, 4) is 11.5 Å². The van der Waals surface area contributed by atoms with Gasteiger partial charge in [0, 0.05) is 19.2 Å². The summed E-state index contributed by atoms with van der Waals surface area (Å²) in [5.74, 6) is 1.50. The lowest BCUT2D eigenvalue weighted by Crippen LogP contribution is -2.47. The molecule has 0 saturated heterocycles. The third-order valence-corrected chi connectivity index (χ3v) is 3.83. The molecule has 22 heavy (non-hydrogen) atoms. The first-order valence-electron chi connectivity index (χ1n) is 7.26. The standard InChI is InChI=1S/C18H23NO3/c1-18(17(13-19)21-3,22-14-9-5-4-6-10-14)15-11-7-8-12-16(15)20-2/h4-12,17H,13,19H2,1-3H3. The summed E-state index contributed by atoms with van der Waals surface area (Å²) in [6, 6.07) is 17.4. The largest absolute Gasteiger partial charge is 0.496 e. The summed E-state index contributed by atoms with van der Waals surface area (Å²) >= 11 is 0. The molecule has 0 saturated carbocycles. The molecular weight excluding hydrogens is 278 g/mol. The van der Waals surface area contributed by atoms with Gasteiger partial charge in [-0.15, -0.1) is 0 Å². The van der Waals surface area contributed by atoms with Gasteiger partial charge in [-0.3, -0.25) is 0 Å². The van der Waals surface area contributed by atoms with Crippen molar-refractivity contribution < 1.29 is 14.2 Å². The van der Waals surface area contributed by atoms with Crippen LogP contribution in [0.5, 0.6) is 11.5 Å². The van der Waals surface area contributed by atoms with Crippen LogP contribution in [0.1, 0.15) is 12.5 Å². The molecule has 0 fully saturated rings. The van der Waals surface area contributed by atoms with Gasteiger partial charge in [-0.2, -0.15) is 0 Å². The van der Waals surface area contributed by atoms with Crippen molar-refractivity contribution in [1.82, 2.24) is 0 Å². The van der Waals surface area contributed by atoms with Crippen LogP contribution in [-0.2, 0) is 10.3 Å². The van der Waals surface area contributed by atoms with Crippen LogP contribution in [0.25, 0.3) is 0 Å². The van der Waals surface area contributed by atoms with E-state index in [1.807, 2.05) is 61.5 Å². The Morgan fingerprint density at radius 1 is 1.00 bits per heavy atom. The van der Waals surface area contributed by atoms with Gasteiger partial charge in [0.2, 0.25) is 0 Å². The molecule has 2 rings (SSSR count). The molecule has 4 heteroatoms. The van der Waals surface area contributed by atoms with E-state index in [1.165, 1.54) is 0 Å². The van der Waals surface area contributed by atoms with Crippen LogP contribution in [0.2, 0.25) is 0 Å². The fraction of sp³-hybridized carbons (Fsp3) is 0.333.